The smallest absolute Gasteiger partial charge is 0.253 e. The van der Waals surface area contributed by atoms with Gasteiger partial charge in [0.05, 0.1) is 0 Å². The Morgan fingerprint density at radius 3 is 2.86 bits per heavy atom. The van der Waals surface area contributed by atoms with Crippen LogP contribution in [0.1, 0.15) is 12.5 Å². The zero-order valence-electron chi connectivity index (χ0n) is 8.26. The van der Waals surface area contributed by atoms with Gasteiger partial charge in [0.2, 0.25) is 0 Å². The van der Waals surface area contributed by atoms with Crippen LogP contribution in [0.5, 0.6) is 0 Å². The number of rotatable bonds is 3. The van der Waals surface area contributed by atoms with E-state index in [1.54, 1.807) is 10.8 Å². The van der Waals surface area contributed by atoms with Crippen molar-refractivity contribution < 1.29 is 0 Å². The molecule has 0 saturated carbocycles. The van der Waals surface area contributed by atoms with Gasteiger partial charge in [0.15, 0.2) is 0 Å². The maximum Gasteiger partial charge on any atom is 0.253 e. The van der Waals surface area contributed by atoms with Crippen LogP contribution in [0.4, 0.5) is 0 Å². The molecule has 4 heteroatoms. The van der Waals surface area contributed by atoms with Gasteiger partial charge < -0.3 is 4.57 Å². The molecular weight excluding hydrogens is 265 g/mol. The highest BCUT2D eigenvalue weighted by atomic mass is 79.9. The number of halogens is 2. The predicted molar refractivity (Wildman–Crippen MR) is 63.0 cm³/mol. The topological polar surface area (TPSA) is 22.0 Å². The summed E-state index contributed by atoms with van der Waals surface area (Å²) in [6.45, 7) is 4.51. The predicted octanol–water partition coefficient (Wildman–Crippen LogP) is 2.79. The fourth-order valence-electron chi connectivity index (χ4n) is 1.26. The van der Waals surface area contributed by atoms with Crippen molar-refractivity contribution >= 4 is 27.5 Å². The van der Waals surface area contributed by atoms with Crippen molar-refractivity contribution in [2.45, 2.75) is 20.4 Å². The fourth-order valence-corrected chi connectivity index (χ4v) is 1.95. The Kier molecular flexibility index (Phi) is 4.20. The first-order chi connectivity index (χ1) is 6.54. The summed E-state index contributed by atoms with van der Waals surface area (Å²) in [5, 5.41) is 0. The van der Waals surface area contributed by atoms with E-state index in [9.17, 15) is 4.79 Å². The Morgan fingerprint density at radius 1 is 1.64 bits per heavy atom. The molecule has 0 N–H and O–H groups in total. The van der Waals surface area contributed by atoms with Crippen LogP contribution in [0.15, 0.2) is 21.5 Å². The summed E-state index contributed by atoms with van der Waals surface area (Å²) in [4.78, 5) is 11.7. The number of aryl methyl sites for hydroxylation is 1. The largest absolute Gasteiger partial charge is 0.314 e. The van der Waals surface area contributed by atoms with Gasteiger partial charge in [-0.15, -0.1) is 11.6 Å². The van der Waals surface area contributed by atoms with Crippen LogP contribution in [0.2, 0.25) is 0 Å². The van der Waals surface area contributed by atoms with E-state index in [0.717, 1.165) is 10.0 Å². The molecule has 1 heterocycles. The number of aromatic nitrogens is 1. The van der Waals surface area contributed by atoms with Gasteiger partial charge in [0.25, 0.3) is 5.56 Å². The summed E-state index contributed by atoms with van der Waals surface area (Å²) < 4.78 is 2.63. The molecule has 0 fully saturated rings. The fraction of sp³-hybridized carbons (Fsp3) is 0.500. The van der Waals surface area contributed by atoms with Crippen LogP contribution < -0.4 is 5.56 Å². The summed E-state index contributed by atoms with van der Waals surface area (Å²) in [5.41, 5.74) is 0.811. The van der Waals surface area contributed by atoms with Crippen molar-refractivity contribution in [3.8, 4) is 0 Å². The van der Waals surface area contributed by atoms with E-state index in [1.165, 1.54) is 0 Å². The minimum Gasteiger partial charge on any atom is -0.314 e. The van der Waals surface area contributed by atoms with Gasteiger partial charge in [0.1, 0.15) is 0 Å². The van der Waals surface area contributed by atoms with Gasteiger partial charge in [-0.1, -0.05) is 6.92 Å². The summed E-state index contributed by atoms with van der Waals surface area (Å²) in [6.07, 6.45) is 1.80. The third kappa shape index (κ3) is 2.85. The normalized spacial score (nSPS) is 12.9. The maximum atomic E-state index is 11.7. The van der Waals surface area contributed by atoms with Gasteiger partial charge in [-0.3, -0.25) is 4.79 Å². The highest BCUT2D eigenvalue weighted by Gasteiger charge is 2.05. The molecule has 1 aromatic rings. The first kappa shape index (κ1) is 11.8. The number of nitrogens with zero attached hydrogens (tertiary/aromatic N) is 1. The van der Waals surface area contributed by atoms with Gasteiger partial charge in [0, 0.05) is 28.7 Å². The quantitative estimate of drug-likeness (QED) is 0.779. The molecule has 0 spiro atoms. The van der Waals surface area contributed by atoms with Crippen LogP contribution in [0.25, 0.3) is 0 Å². The van der Waals surface area contributed by atoms with Crippen LogP contribution >= 0.6 is 27.5 Å². The molecule has 0 aromatic carbocycles. The molecule has 14 heavy (non-hydrogen) atoms. The average Bonchev–Trinajstić information content (AvgIpc) is 2.13. The highest BCUT2D eigenvalue weighted by molar-refractivity contribution is 9.10. The number of alkyl halides is 1. The van der Waals surface area contributed by atoms with Crippen molar-refractivity contribution in [2.75, 3.05) is 5.88 Å². The molecule has 1 atom stereocenters. The summed E-state index contributed by atoms with van der Waals surface area (Å²) in [6, 6.07) is 1.82. The monoisotopic (exact) mass is 277 g/mol. The third-order valence-electron chi connectivity index (χ3n) is 2.00. The van der Waals surface area contributed by atoms with Crippen LogP contribution in [0, 0.1) is 12.8 Å². The first-order valence-corrected chi connectivity index (χ1v) is 5.80. The molecule has 1 unspecified atom stereocenters. The maximum absolute atomic E-state index is 11.7. The van der Waals surface area contributed by atoms with Crippen LogP contribution in [-0.2, 0) is 6.54 Å². The van der Waals surface area contributed by atoms with Gasteiger partial charge >= 0.3 is 0 Å². The van der Waals surface area contributed by atoms with Crippen molar-refractivity contribution in [3.63, 3.8) is 0 Å². The minimum atomic E-state index is 0.0603. The van der Waals surface area contributed by atoms with E-state index >= 15 is 0 Å². The third-order valence-corrected chi connectivity index (χ3v) is 2.96. The number of pyridine rings is 1. The van der Waals surface area contributed by atoms with Gasteiger partial charge in [-0.25, -0.2) is 0 Å². The molecule has 0 bridgehead atoms. The standard InChI is InChI=1S/C10H13BrClNO/c1-7(4-12)5-13-6-9(11)3-8(2)10(13)14/h3,6-7H,4-5H2,1-2H3. The lowest BCUT2D eigenvalue weighted by molar-refractivity contribution is 0.513. The van der Waals surface area contributed by atoms with E-state index in [4.69, 9.17) is 11.6 Å². The molecule has 0 aliphatic rings. The Balaban J connectivity index is 3.02. The second-order valence-corrected chi connectivity index (χ2v) is 4.78. The summed E-state index contributed by atoms with van der Waals surface area (Å²) in [7, 11) is 0. The molecule has 1 aromatic heterocycles. The van der Waals surface area contributed by atoms with Gasteiger partial charge in [-0.05, 0) is 34.8 Å². The lowest BCUT2D eigenvalue weighted by Crippen LogP contribution is -2.24. The Hall–Kier alpha value is -0.280. The molecule has 1 rings (SSSR count). The van der Waals surface area contributed by atoms with Crippen molar-refractivity contribution in [2.24, 2.45) is 5.92 Å². The molecule has 2 nitrogen and oxygen atoms in total. The Bertz CT molecular complexity index is 375. The second kappa shape index (κ2) is 4.99. The SMILES string of the molecule is Cc1cc(Br)cn(CC(C)CCl)c1=O. The lowest BCUT2D eigenvalue weighted by atomic mass is 10.2. The molecule has 0 aliphatic carbocycles. The number of hydrogen-bond acceptors (Lipinski definition) is 1. The first-order valence-electron chi connectivity index (χ1n) is 4.47. The Morgan fingerprint density at radius 2 is 2.29 bits per heavy atom. The van der Waals surface area contributed by atoms with Crippen molar-refractivity contribution in [3.05, 3.63) is 32.7 Å². The van der Waals surface area contributed by atoms with E-state index in [-0.39, 0.29) is 5.56 Å². The number of hydrogen-bond donors (Lipinski definition) is 0. The average molecular weight is 279 g/mol. The molecule has 0 aliphatic heterocycles. The molecule has 0 amide bonds. The Labute approximate surface area is 97.0 Å². The van der Waals surface area contributed by atoms with E-state index in [1.807, 2.05) is 19.9 Å². The molecule has 78 valence electrons. The molecule has 0 radical (unpaired) electrons. The van der Waals surface area contributed by atoms with Crippen LogP contribution in [-0.4, -0.2) is 10.4 Å². The summed E-state index contributed by atoms with van der Waals surface area (Å²) in [5.74, 6) is 0.876. The van der Waals surface area contributed by atoms with E-state index in [0.29, 0.717) is 18.3 Å². The zero-order valence-corrected chi connectivity index (χ0v) is 10.6. The van der Waals surface area contributed by atoms with E-state index < -0.39 is 0 Å². The molecular formula is C10H13BrClNO. The zero-order chi connectivity index (χ0) is 10.7. The molecule has 0 saturated heterocycles. The van der Waals surface area contributed by atoms with Crippen molar-refractivity contribution in [1.82, 2.24) is 4.57 Å². The van der Waals surface area contributed by atoms with Crippen LogP contribution in [0.3, 0.4) is 0 Å². The van der Waals surface area contributed by atoms with Gasteiger partial charge in [-0.2, -0.15) is 0 Å². The van der Waals surface area contributed by atoms with E-state index in [2.05, 4.69) is 15.9 Å². The second-order valence-electron chi connectivity index (χ2n) is 3.56. The lowest BCUT2D eigenvalue weighted by Gasteiger charge is -2.11. The summed E-state index contributed by atoms with van der Waals surface area (Å²) >= 11 is 9.07. The minimum absolute atomic E-state index is 0.0603. The van der Waals surface area contributed by atoms with Crippen molar-refractivity contribution in [1.29, 1.82) is 0 Å². The highest BCUT2D eigenvalue weighted by Crippen LogP contribution is 2.09.